The molecule has 2 aliphatic rings. The van der Waals surface area contributed by atoms with Crippen molar-refractivity contribution in [2.24, 2.45) is 0 Å². The first-order chi connectivity index (χ1) is 9.43. The normalized spacial score (nSPS) is 38.0. The molecule has 0 spiro atoms. The lowest BCUT2D eigenvalue weighted by molar-refractivity contribution is -0.228. The fourth-order valence-electron chi connectivity index (χ4n) is 2.28. The second kappa shape index (κ2) is 5.94. The lowest BCUT2D eigenvalue weighted by atomic mass is 9.89. The number of hydrogen-bond donors (Lipinski definition) is 4. The summed E-state index contributed by atoms with van der Waals surface area (Å²) < 4.78 is 5.28. The Morgan fingerprint density at radius 1 is 1.00 bits per heavy atom. The Hall–Kier alpha value is -1.38. The molecule has 1 aliphatic carbocycles. The molecule has 0 amide bonds. The van der Waals surface area contributed by atoms with Crippen LogP contribution in [-0.2, 0) is 14.3 Å². The van der Waals surface area contributed by atoms with Gasteiger partial charge in [-0.2, -0.15) is 0 Å². The van der Waals surface area contributed by atoms with Crippen molar-refractivity contribution in [3.63, 3.8) is 0 Å². The third-order valence-corrected chi connectivity index (χ3v) is 3.44. The van der Waals surface area contributed by atoms with E-state index in [1.54, 1.807) is 0 Å². The van der Waals surface area contributed by atoms with Gasteiger partial charge in [-0.3, -0.25) is 9.59 Å². The van der Waals surface area contributed by atoms with Crippen LogP contribution in [0.3, 0.4) is 0 Å². The minimum atomic E-state index is -1.49. The molecule has 1 saturated heterocycles. The molecule has 20 heavy (non-hydrogen) atoms. The number of rotatable bonds is 3. The van der Waals surface area contributed by atoms with E-state index >= 15 is 0 Å². The molecule has 110 valence electrons. The van der Waals surface area contributed by atoms with Crippen molar-refractivity contribution in [3.8, 4) is 0 Å². The van der Waals surface area contributed by atoms with Crippen LogP contribution in [0.25, 0.3) is 0 Å². The maximum absolute atomic E-state index is 11.6. The van der Waals surface area contributed by atoms with Crippen LogP contribution < -0.4 is 0 Å². The lowest BCUT2D eigenvalue weighted by Gasteiger charge is -2.40. The Morgan fingerprint density at radius 3 is 2.30 bits per heavy atom. The molecule has 7 heteroatoms. The van der Waals surface area contributed by atoms with Crippen LogP contribution in [0.15, 0.2) is 23.8 Å². The van der Waals surface area contributed by atoms with E-state index in [-0.39, 0.29) is 23.6 Å². The van der Waals surface area contributed by atoms with Crippen LogP contribution in [0, 0.1) is 0 Å². The van der Waals surface area contributed by atoms with Crippen molar-refractivity contribution < 1.29 is 34.8 Å². The Bertz CT molecular complexity index is 465. The van der Waals surface area contributed by atoms with Crippen LogP contribution in [0.1, 0.15) is 6.42 Å². The standard InChI is InChI=1S/C13H16O7/c14-5-10-12(18)13(19)11(17)9(20-10)4-6-3-7(15)1-2-8(6)16/h1-3,9-14,17-19H,4-5H2/t9-,10-,11+,12-,13-/m1/s1. The van der Waals surface area contributed by atoms with E-state index in [2.05, 4.69) is 0 Å². The van der Waals surface area contributed by atoms with E-state index in [0.29, 0.717) is 0 Å². The zero-order valence-corrected chi connectivity index (χ0v) is 10.5. The van der Waals surface area contributed by atoms with Gasteiger partial charge in [-0.05, 0) is 18.2 Å². The first-order valence-corrected chi connectivity index (χ1v) is 6.21. The van der Waals surface area contributed by atoms with Gasteiger partial charge in [0.1, 0.15) is 24.4 Å². The molecular weight excluding hydrogens is 268 g/mol. The molecule has 0 aromatic carbocycles. The molecule has 1 aliphatic heterocycles. The highest BCUT2D eigenvalue weighted by atomic mass is 16.5. The monoisotopic (exact) mass is 284 g/mol. The predicted molar refractivity (Wildman–Crippen MR) is 65.6 cm³/mol. The van der Waals surface area contributed by atoms with Gasteiger partial charge in [0.05, 0.1) is 12.7 Å². The second-order valence-electron chi connectivity index (χ2n) is 4.84. The second-order valence-corrected chi connectivity index (χ2v) is 4.84. The Balaban J connectivity index is 2.12. The maximum atomic E-state index is 11.6. The smallest absolute Gasteiger partial charge is 0.182 e. The van der Waals surface area contributed by atoms with Crippen molar-refractivity contribution in [3.05, 3.63) is 23.8 Å². The lowest BCUT2D eigenvalue weighted by Crippen LogP contribution is -2.58. The summed E-state index contributed by atoms with van der Waals surface area (Å²) in [5.41, 5.74) is 0.154. The van der Waals surface area contributed by atoms with Crippen LogP contribution in [0.2, 0.25) is 0 Å². The molecule has 0 unspecified atom stereocenters. The van der Waals surface area contributed by atoms with Crippen LogP contribution in [0.4, 0.5) is 0 Å². The quantitative estimate of drug-likeness (QED) is 0.436. The summed E-state index contributed by atoms with van der Waals surface area (Å²) in [5.74, 6) is -0.717. The topological polar surface area (TPSA) is 124 Å². The van der Waals surface area contributed by atoms with Gasteiger partial charge in [0, 0.05) is 12.0 Å². The van der Waals surface area contributed by atoms with Crippen molar-refractivity contribution >= 4 is 11.6 Å². The summed E-state index contributed by atoms with van der Waals surface area (Å²) >= 11 is 0. The number of ether oxygens (including phenoxy) is 1. The van der Waals surface area contributed by atoms with Crippen molar-refractivity contribution in [1.29, 1.82) is 0 Å². The molecule has 0 aromatic rings. The molecule has 5 atom stereocenters. The van der Waals surface area contributed by atoms with Gasteiger partial charge in [-0.1, -0.05) is 0 Å². The number of ketones is 2. The van der Waals surface area contributed by atoms with Crippen molar-refractivity contribution in [2.75, 3.05) is 6.61 Å². The summed E-state index contributed by atoms with van der Waals surface area (Å²) in [6.45, 7) is -0.534. The number of carbonyl (C=O) groups excluding carboxylic acids is 2. The minimum absolute atomic E-state index is 0.0869. The van der Waals surface area contributed by atoms with E-state index in [1.807, 2.05) is 0 Å². The summed E-state index contributed by atoms with van der Waals surface area (Å²) in [5, 5.41) is 38.2. The molecule has 0 aromatic heterocycles. The van der Waals surface area contributed by atoms with E-state index in [9.17, 15) is 24.9 Å². The van der Waals surface area contributed by atoms with Crippen LogP contribution in [-0.4, -0.2) is 69.1 Å². The Labute approximate surface area is 114 Å². The van der Waals surface area contributed by atoms with Crippen LogP contribution >= 0.6 is 0 Å². The number of hydrogen-bond acceptors (Lipinski definition) is 7. The van der Waals surface area contributed by atoms with E-state index in [1.165, 1.54) is 0 Å². The van der Waals surface area contributed by atoms with Gasteiger partial charge in [0.25, 0.3) is 0 Å². The van der Waals surface area contributed by atoms with E-state index in [4.69, 9.17) is 9.84 Å². The molecule has 1 heterocycles. The molecule has 7 nitrogen and oxygen atoms in total. The van der Waals surface area contributed by atoms with Crippen molar-refractivity contribution in [2.45, 2.75) is 36.9 Å². The highest BCUT2D eigenvalue weighted by Crippen LogP contribution is 2.26. The number of carbonyl (C=O) groups is 2. The summed E-state index contributed by atoms with van der Waals surface area (Å²) in [7, 11) is 0. The summed E-state index contributed by atoms with van der Waals surface area (Å²) in [6.07, 6.45) is -3.03. The maximum Gasteiger partial charge on any atom is 0.182 e. The number of aliphatic hydroxyl groups is 4. The number of allylic oxidation sites excluding steroid dienone is 3. The van der Waals surface area contributed by atoms with Gasteiger partial charge in [-0.15, -0.1) is 0 Å². The van der Waals surface area contributed by atoms with E-state index in [0.717, 1.165) is 18.2 Å². The first-order valence-electron chi connectivity index (χ1n) is 6.21. The Morgan fingerprint density at radius 2 is 1.65 bits per heavy atom. The fraction of sp³-hybridized carbons (Fsp3) is 0.538. The average Bonchev–Trinajstić information content (AvgIpc) is 2.43. The molecule has 0 bridgehead atoms. The van der Waals surface area contributed by atoms with Gasteiger partial charge in [0.2, 0.25) is 0 Å². The van der Waals surface area contributed by atoms with E-state index < -0.39 is 37.1 Å². The average molecular weight is 284 g/mol. The first kappa shape index (κ1) is 15.0. The van der Waals surface area contributed by atoms with Gasteiger partial charge in [-0.25, -0.2) is 0 Å². The summed E-state index contributed by atoms with van der Waals surface area (Å²) in [4.78, 5) is 22.8. The predicted octanol–water partition coefficient (Wildman–Crippen LogP) is -2.15. The zero-order valence-electron chi connectivity index (χ0n) is 10.5. The van der Waals surface area contributed by atoms with Crippen LogP contribution in [0.5, 0.6) is 0 Å². The molecular formula is C13H16O7. The molecule has 1 fully saturated rings. The third kappa shape index (κ3) is 2.87. The number of aliphatic hydroxyl groups excluding tert-OH is 4. The molecule has 0 radical (unpaired) electrons. The Kier molecular flexibility index (Phi) is 4.46. The SMILES string of the molecule is O=C1C=CC(=O)C(C[C@H]2O[C@H](CO)[C@@H](O)[C@H](O)[C@H]2O)=C1. The fourth-order valence-corrected chi connectivity index (χ4v) is 2.28. The van der Waals surface area contributed by atoms with Gasteiger partial charge >= 0.3 is 0 Å². The van der Waals surface area contributed by atoms with Gasteiger partial charge in [0.15, 0.2) is 11.6 Å². The molecule has 4 N–H and O–H groups in total. The van der Waals surface area contributed by atoms with Gasteiger partial charge < -0.3 is 25.2 Å². The zero-order chi connectivity index (χ0) is 14.9. The highest BCUT2D eigenvalue weighted by molar-refractivity contribution is 6.17. The van der Waals surface area contributed by atoms with Crippen molar-refractivity contribution in [1.82, 2.24) is 0 Å². The highest BCUT2D eigenvalue weighted by Gasteiger charge is 2.43. The molecule has 0 saturated carbocycles. The largest absolute Gasteiger partial charge is 0.394 e. The molecule has 2 rings (SSSR count). The minimum Gasteiger partial charge on any atom is -0.394 e. The summed E-state index contributed by atoms with van der Waals surface area (Å²) in [6, 6.07) is 0. The third-order valence-electron chi connectivity index (χ3n) is 3.44.